The molecule has 2 amide bonds. The van der Waals surface area contributed by atoms with Crippen LogP contribution in [-0.4, -0.2) is 53.1 Å². The number of hydrogen-bond donors (Lipinski definition) is 0. The van der Waals surface area contributed by atoms with Crippen molar-refractivity contribution in [1.82, 2.24) is 9.80 Å². The second-order valence-electron chi connectivity index (χ2n) is 7.46. The maximum absolute atomic E-state index is 13.0. The van der Waals surface area contributed by atoms with E-state index in [4.69, 9.17) is 4.42 Å². The molecule has 0 radical (unpaired) electrons. The van der Waals surface area contributed by atoms with Crippen molar-refractivity contribution in [1.29, 1.82) is 0 Å². The molecule has 3 heterocycles. The Morgan fingerprint density at radius 3 is 2.32 bits per heavy atom. The summed E-state index contributed by atoms with van der Waals surface area (Å²) in [6.07, 6.45) is 4.28. The van der Waals surface area contributed by atoms with Crippen molar-refractivity contribution in [2.75, 3.05) is 19.6 Å². The van der Waals surface area contributed by atoms with Gasteiger partial charge in [0.25, 0.3) is 5.91 Å². The lowest BCUT2D eigenvalue weighted by Gasteiger charge is -2.35. The molecule has 6 heteroatoms. The van der Waals surface area contributed by atoms with Crippen LogP contribution >= 0.6 is 0 Å². The van der Waals surface area contributed by atoms with Gasteiger partial charge >= 0.3 is 0 Å². The summed E-state index contributed by atoms with van der Waals surface area (Å²) in [6, 6.07) is 12.2. The maximum atomic E-state index is 13.0. The van der Waals surface area contributed by atoms with Crippen molar-refractivity contribution in [3.8, 4) is 0 Å². The summed E-state index contributed by atoms with van der Waals surface area (Å²) < 4.78 is 5.21. The van der Waals surface area contributed by atoms with Crippen molar-refractivity contribution in [2.45, 2.75) is 31.7 Å². The average Bonchev–Trinajstić information content (AvgIpc) is 3.45. The van der Waals surface area contributed by atoms with E-state index in [0.717, 1.165) is 12.0 Å². The monoisotopic (exact) mass is 380 g/mol. The minimum atomic E-state index is -0.432. The molecule has 1 aromatic carbocycles. The molecule has 146 valence electrons. The second kappa shape index (κ2) is 8.00. The lowest BCUT2D eigenvalue weighted by atomic mass is 9.88. The lowest BCUT2D eigenvalue weighted by Crippen LogP contribution is -2.50. The number of rotatable bonds is 4. The molecule has 0 bridgehead atoms. The van der Waals surface area contributed by atoms with Crippen LogP contribution in [0.1, 0.15) is 46.6 Å². The highest BCUT2D eigenvalue weighted by Crippen LogP contribution is 2.26. The summed E-state index contributed by atoms with van der Waals surface area (Å²) in [5.41, 5.74) is 0.735. The maximum Gasteiger partial charge on any atom is 0.290 e. The molecule has 2 saturated heterocycles. The molecule has 1 aromatic heterocycles. The summed E-state index contributed by atoms with van der Waals surface area (Å²) >= 11 is 0. The van der Waals surface area contributed by atoms with Crippen LogP contribution in [0.25, 0.3) is 0 Å². The zero-order valence-corrected chi connectivity index (χ0v) is 15.8. The molecule has 0 aliphatic carbocycles. The van der Waals surface area contributed by atoms with E-state index < -0.39 is 6.04 Å². The summed E-state index contributed by atoms with van der Waals surface area (Å²) in [5, 5.41) is 0. The van der Waals surface area contributed by atoms with Crippen LogP contribution in [-0.2, 0) is 4.79 Å². The Kier molecular flexibility index (Phi) is 5.28. The summed E-state index contributed by atoms with van der Waals surface area (Å²) in [6.45, 7) is 1.68. The van der Waals surface area contributed by atoms with Gasteiger partial charge in [-0.05, 0) is 37.8 Å². The number of ketones is 1. The van der Waals surface area contributed by atoms with E-state index in [2.05, 4.69) is 0 Å². The van der Waals surface area contributed by atoms with Gasteiger partial charge in [-0.25, -0.2) is 0 Å². The van der Waals surface area contributed by atoms with Gasteiger partial charge in [-0.15, -0.1) is 0 Å². The third kappa shape index (κ3) is 3.59. The minimum Gasteiger partial charge on any atom is -0.459 e. The fraction of sp³-hybridized carbons (Fsp3) is 0.409. The van der Waals surface area contributed by atoms with E-state index in [1.165, 1.54) is 6.26 Å². The molecule has 4 rings (SSSR count). The summed E-state index contributed by atoms with van der Waals surface area (Å²) in [4.78, 5) is 41.7. The number of piperidine rings is 1. The molecule has 2 aliphatic rings. The van der Waals surface area contributed by atoms with Crippen LogP contribution in [0, 0.1) is 5.92 Å². The van der Waals surface area contributed by atoms with E-state index >= 15 is 0 Å². The van der Waals surface area contributed by atoms with Crippen molar-refractivity contribution >= 4 is 17.6 Å². The largest absolute Gasteiger partial charge is 0.459 e. The van der Waals surface area contributed by atoms with Gasteiger partial charge in [0.05, 0.1) is 6.26 Å². The number of furan rings is 1. The predicted molar refractivity (Wildman–Crippen MR) is 103 cm³/mol. The third-order valence-electron chi connectivity index (χ3n) is 5.77. The van der Waals surface area contributed by atoms with Crippen LogP contribution in [0.5, 0.6) is 0 Å². The molecule has 0 spiro atoms. The van der Waals surface area contributed by atoms with E-state index in [-0.39, 0.29) is 29.3 Å². The van der Waals surface area contributed by atoms with Crippen molar-refractivity contribution in [3.63, 3.8) is 0 Å². The van der Waals surface area contributed by atoms with E-state index in [1.807, 2.05) is 35.2 Å². The minimum absolute atomic E-state index is 0.0111. The zero-order chi connectivity index (χ0) is 19.5. The van der Waals surface area contributed by atoms with E-state index in [9.17, 15) is 14.4 Å². The molecule has 6 nitrogen and oxygen atoms in total. The highest BCUT2D eigenvalue weighted by molar-refractivity contribution is 5.98. The van der Waals surface area contributed by atoms with Gasteiger partial charge in [0.15, 0.2) is 11.5 Å². The quantitative estimate of drug-likeness (QED) is 0.765. The second-order valence-corrected chi connectivity index (χ2v) is 7.46. The predicted octanol–water partition coefficient (Wildman–Crippen LogP) is 3.01. The van der Waals surface area contributed by atoms with Gasteiger partial charge in [0.1, 0.15) is 6.04 Å². The fourth-order valence-corrected chi connectivity index (χ4v) is 4.22. The van der Waals surface area contributed by atoms with Crippen LogP contribution in [0.3, 0.4) is 0 Å². The number of benzene rings is 1. The number of likely N-dealkylation sites (tertiary alicyclic amines) is 2. The Balaban J connectivity index is 1.37. The van der Waals surface area contributed by atoms with Crippen LogP contribution in [0.4, 0.5) is 0 Å². The van der Waals surface area contributed by atoms with Gasteiger partial charge in [-0.1, -0.05) is 30.3 Å². The van der Waals surface area contributed by atoms with Crippen molar-refractivity contribution in [2.24, 2.45) is 5.92 Å². The molecule has 1 atom stereocenters. The average molecular weight is 380 g/mol. The van der Waals surface area contributed by atoms with Gasteiger partial charge in [0.2, 0.25) is 5.91 Å². The lowest BCUT2D eigenvalue weighted by molar-refractivity contribution is -0.136. The smallest absolute Gasteiger partial charge is 0.290 e. The molecular formula is C22H24N2O4. The van der Waals surface area contributed by atoms with Gasteiger partial charge in [0, 0.05) is 31.1 Å². The molecule has 2 aliphatic heterocycles. The zero-order valence-electron chi connectivity index (χ0n) is 15.8. The molecular weight excluding hydrogens is 356 g/mol. The van der Waals surface area contributed by atoms with Crippen molar-refractivity contribution < 1.29 is 18.8 Å². The van der Waals surface area contributed by atoms with E-state index in [1.54, 1.807) is 17.0 Å². The van der Waals surface area contributed by atoms with Gasteiger partial charge in [-0.2, -0.15) is 0 Å². The third-order valence-corrected chi connectivity index (χ3v) is 5.77. The highest BCUT2D eigenvalue weighted by atomic mass is 16.3. The molecule has 0 saturated carbocycles. The first-order valence-electron chi connectivity index (χ1n) is 9.87. The molecule has 2 fully saturated rings. The summed E-state index contributed by atoms with van der Waals surface area (Å²) in [7, 11) is 0. The first kappa shape index (κ1) is 18.5. The van der Waals surface area contributed by atoms with Crippen LogP contribution in [0.2, 0.25) is 0 Å². The summed E-state index contributed by atoms with van der Waals surface area (Å²) in [5.74, 6) is 0.143. The first-order valence-corrected chi connectivity index (χ1v) is 9.87. The van der Waals surface area contributed by atoms with E-state index in [0.29, 0.717) is 38.9 Å². The number of amides is 2. The number of carbonyl (C=O) groups excluding carboxylic acids is 3. The Bertz CT molecular complexity index is 839. The Morgan fingerprint density at radius 2 is 1.64 bits per heavy atom. The number of Topliss-reactive ketones (excluding diaryl/α,β-unsaturated/α-hetero) is 1. The molecule has 2 aromatic rings. The SMILES string of the molecule is O=C(c1ccccc1)C1CCN(C(=O)C2CCCN2C(=O)c2ccco2)CC1. The van der Waals surface area contributed by atoms with Gasteiger partial charge in [-0.3, -0.25) is 14.4 Å². The van der Waals surface area contributed by atoms with Crippen molar-refractivity contribution in [3.05, 3.63) is 60.1 Å². The van der Waals surface area contributed by atoms with Crippen LogP contribution < -0.4 is 0 Å². The highest BCUT2D eigenvalue weighted by Gasteiger charge is 2.39. The standard InChI is InChI=1S/C22H24N2O4/c25-20(16-6-2-1-3-7-16)17-10-13-23(14-11-17)21(26)18-8-4-12-24(18)22(27)19-9-5-15-28-19/h1-3,5-7,9,15,17-18H,4,8,10-14H2. The first-order chi connectivity index (χ1) is 13.6. The molecule has 28 heavy (non-hydrogen) atoms. The van der Waals surface area contributed by atoms with Gasteiger partial charge < -0.3 is 14.2 Å². The number of carbonyl (C=O) groups is 3. The Labute approximate surface area is 164 Å². The molecule has 0 N–H and O–H groups in total. The normalized spacial score (nSPS) is 20.4. The Hall–Kier alpha value is -2.89. The number of hydrogen-bond acceptors (Lipinski definition) is 4. The molecule has 1 unspecified atom stereocenters. The topological polar surface area (TPSA) is 70.8 Å². The van der Waals surface area contributed by atoms with Crippen LogP contribution in [0.15, 0.2) is 53.1 Å². The fourth-order valence-electron chi connectivity index (χ4n) is 4.22. The Morgan fingerprint density at radius 1 is 0.893 bits per heavy atom. The number of nitrogens with zero attached hydrogens (tertiary/aromatic N) is 2.